The fourth-order valence-electron chi connectivity index (χ4n) is 2.93. The molecular weight excluding hydrogens is 304 g/mol. The van der Waals surface area contributed by atoms with Crippen LogP contribution in [0.15, 0.2) is 36.9 Å². The van der Waals surface area contributed by atoms with Crippen LogP contribution in [0.4, 0.5) is 5.69 Å². The van der Waals surface area contributed by atoms with Gasteiger partial charge in [-0.15, -0.1) is 0 Å². The molecule has 0 spiro atoms. The van der Waals surface area contributed by atoms with Crippen molar-refractivity contribution in [2.24, 2.45) is 0 Å². The Labute approximate surface area is 142 Å². The smallest absolute Gasteiger partial charge is 0.238 e. The van der Waals surface area contributed by atoms with Crippen molar-refractivity contribution in [3.63, 3.8) is 0 Å². The summed E-state index contributed by atoms with van der Waals surface area (Å²) in [5.74, 6) is 1.12. The van der Waals surface area contributed by atoms with E-state index in [9.17, 15) is 4.79 Å². The van der Waals surface area contributed by atoms with Crippen LogP contribution in [0.2, 0.25) is 0 Å². The molecule has 2 aromatic heterocycles. The number of aryl methyl sites for hydroxylation is 1. The van der Waals surface area contributed by atoms with E-state index in [1.54, 1.807) is 12.4 Å². The number of hydrogen-bond acceptors (Lipinski definition) is 5. The Morgan fingerprint density at radius 1 is 1.21 bits per heavy atom. The molecule has 3 rings (SSSR count). The number of nitrogens with zero attached hydrogens (tertiary/aromatic N) is 5. The zero-order valence-electron chi connectivity index (χ0n) is 14.1. The van der Waals surface area contributed by atoms with Gasteiger partial charge in [0.1, 0.15) is 5.82 Å². The predicted octanol–water partition coefficient (Wildman–Crippen LogP) is 1.05. The summed E-state index contributed by atoms with van der Waals surface area (Å²) < 4.78 is 2.17. The van der Waals surface area contributed by atoms with Crippen molar-refractivity contribution in [3.05, 3.63) is 42.7 Å². The van der Waals surface area contributed by atoms with E-state index in [2.05, 4.69) is 36.6 Å². The Hall–Kier alpha value is -2.25. The maximum atomic E-state index is 12.1. The van der Waals surface area contributed by atoms with Crippen molar-refractivity contribution in [1.29, 1.82) is 0 Å². The molecule has 0 bridgehead atoms. The van der Waals surface area contributed by atoms with Crippen LogP contribution < -0.4 is 5.32 Å². The number of nitrogens with one attached hydrogen (secondary N) is 1. The fraction of sp³-hybridized carbons (Fsp3) is 0.471. The second-order valence-electron chi connectivity index (χ2n) is 5.97. The Balaban J connectivity index is 1.43. The standard InChI is InChI=1S/C17H24N6O/c1-2-23-7-6-19-16(23)13-21-8-10-22(11-9-21)14-17(24)20-15-4-3-5-18-12-15/h3-7,12H,2,8-11,13-14H2,1H3,(H,20,24). The summed E-state index contributed by atoms with van der Waals surface area (Å²) in [6.07, 6.45) is 7.23. The minimum Gasteiger partial charge on any atom is -0.334 e. The normalized spacial score (nSPS) is 16.2. The molecule has 24 heavy (non-hydrogen) atoms. The van der Waals surface area contributed by atoms with Crippen LogP contribution in [-0.4, -0.2) is 63.0 Å². The van der Waals surface area contributed by atoms with E-state index >= 15 is 0 Å². The molecule has 2 aromatic rings. The number of hydrogen-bond donors (Lipinski definition) is 1. The van der Waals surface area contributed by atoms with Crippen molar-refractivity contribution in [1.82, 2.24) is 24.3 Å². The number of imidazole rings is 1. The molecule has 0 aromatic carbocycles. The van der Waals surface area contributed by atoms with Crippen LogP contribution >= 0.6 is 0 Å². The average Bonchev–Trinajstić information content (AvgIpc) is 3.04. The van der Waals surface area contributed by atoms with Crippen LogP contribution in [0, 0.1) is 0 Å². The lowest BCUT2D eigenvalue weighted by atomic mass is 10.3. The molecule has 1 aliphatic rings. The van der Waals surface area contributed by atoms with Crippen LogP contribution in [0.25, 0.3) is 0 Å². The third-order valence-corrected chi connectivity index (χ3v) is 4.28. The molecule has 1 fully saturated rings. The molecule has 0 unspecified atom stereocenters. The summed E-state index contributed by atoms with van der Waals surface area (Å²) in [7, 11) is 0. The highest BCUT2D eigenvalue weighted by atomic mass is 16.2. The van der Waals surface area contributed by atoms with Gasteiger partial charge in [0, 0.05) is 51.3 Å². The maximum absolute atomic E-state index is 12.1. The van der Waals surface area contributed by atoms with E-state index in [0.29, 0.717) is 6.54 Å². The van der Waals surface area contributed by atoms with Crippen LogP contribution in [0.5, 0.6) is 0 Å². The monoisotopic (exact) mass is 328 g/mol. The zero-order valence-corrected chi connectivity index (χ0v) is 14.1. The lowest BCUT2D eigenvalue weighted by Gasteiger charge is -2.34. The molecule has 1 saturated heterocycles. The van der Waals surface area contributed by atoms with Crippen molar-refractivity contribution >= 4 is 11.6 Å². The van der Waals surface area contributed by atoms with Crippen LogP contribution in [0.1, 0.15) is 12.7 Å². The van der Waals surface area contributed by atoms with Gasteiger partial charge in [-0.25, -0.2) is 4.98 Å². The van der Waals surface area contributed by atoms with E-state index in [1.165, 1.54) is 0 Å². The van der Waals surface area contributed by atoms with E-state index in [-0.39, 0.29) is 5.91 Å². The number of piperazine rings is 1. The minimum absolute atomic E-state index is 0.0120. The molecule has 1 N–H and O–H groups in total. The van der Waals surface area contributed by atoms with Gasteiger partial charge in [0.2, 0.25) is 5.91 Å². The van der Waals surface area contributed by atoms with Crippen LogP contribution in [0.3, 0.4) is 0 Å². The third-order valence-electron chi connectivity index (χ3n) is 4.28. The summed E-state index contributed by atoms with van der Waals surface area (Å²) in [5.41, 5.74) is 0.743. The van der Waals surface area contributed by atoms with E-state index in [0.717, 1.165) is 50.8 Å². The lowest BCUT2D eigenvalue weighted by molar-refractivity contribution is -0.117. The average molecular weight is 328 g/mol. The largest absolute Gasteiger partial charge is 0.334 e. The second kappa shape index (κ2) is 8.03. The number of rotatable bonds is 6. The molecule has 1 aliphatic heterocycles. The molecule has 7 heteroatoms. The van der Waals surface area contributed by atoms with Gasteiger partial charge < -0.3 is 9.88 Å². The summed E-state index contributed by atoms with van der Waals surface area (Å²) in [4.78, 5) is 25.1. The molecule has 0 radical (unpaired) electrons. The molecule has 1 amide bonds. The summed E-state index contributed by atoms with van der Waals surface area (Å²) in [6.45, 7) is 8.07. The summed E-state index contributed by atoms with van der Waals surface area (Å²) >= 11 is 0. The van der Waals surface area contributed by atoms with Gasteiger partial charge in [-0.1, -0.05) is 0 Å². The van der Waals surface area contributed by atoms with E-state index in [1.807, 2.05) is 24.5 Å². The first kappa shape index (κ1) is 16.6. The van der Waals surface area contributed by atoms with Crippen LogP contribution in [-0.2, 0) is 17.9 Å². The predicted molar refractivity (Wildman–Crippen MR) is 92.5 cm³/mol. The fourth-order valence-corrected chi connectivity index (χ4v) is 2.93. The highest BCUT2D eigenvalue weighted by Crippen LogP contribution is 2.08. The van der Waals surface area contributed by atoms with Crippen molar-refractivity contribution in [2.45, 2.75) is 20.0 Å². The molecule has 0 aliphatic carbocycles. The van der Waals surface area contributed by atoms with Gasteiger partial charge in [0.25, 0.3) is 0 Å². The van der Waals surface area contributed by atoms with Gasteiger partial charge in [-0.05, 0) is 19.1 Å². The zero-order chi connectivity index (χ0) is 16.8. The highest BCUT2D eigenvalue weighted by Gasteiger charge is 2.20. The van der Waals surface area contributed by atoms with Gasteiger partial charge >= 0.3 is 0 Å². The first-order chi connectivity index (χ1) is 11.7. The van der Waals surface area contributed by atoms with Crippen molar-refractivity contribution in [2.75, 3.05) is 38.0 Å². The summed E-state index contributed by atoms with van der Waals surface area (Å²) in [6, 6.07) is 3.66. The first-order valence-electron chi connectivity index (χ1n) is 8.39. The Morgan fingerprint density at radius 3 is 2.71 bits per heavy atom. The van der Waals surface area contributed by atoms with E-state index < -0.39 is 0 Å². The van der Waals surface area contributed by atoms with Gasteiger partial charge in [-0.2, -0.15) is 0 Å². The molecular formula is C17H24N6O. The number of pyridine rings is 1. The lowest BCUT2D eigenvalue weighted by Crippen LogP contribution is -2.48. The van der Waals surface area contributed by atoms with Gasteiger partial charge in [0.15, 0.2) is 0 Å². The van der Waals surface area contributed by atoms with E-state index in [4.69, 9.17) is 0 Å². The number of amides is 1. The third kappa shape index (κ3) is 4.39. The molecule has 0 atom stereocenters. The van der Waals surface area contributed by atoms with Crippen molar-refractivity contribution < 1.29 is 4.79 Å². The van der Waals surface area contributed by atoms with Gasteiger partial charge in [-0.3, -0.25) is 19.6 Å². The quantitative estimate of drug-likeness (QED) is 0.859. The summed E-state index contributed by atoms with van der Waals surface area (Å²) in [5, 5.41) is 2.88. The second-order valence-corrected chi connectivity index (χ2v) is 5.97. The highest BCUT2D eigenvalue weighted by molar-refractivity contribution is 5.92. The Bertz CT molecular complexity index is 648. The maximum Gasteiger partial charge on any atom is 0.238 e. The van der Waals surface area contributed by atoms with Crippen molar-refractivity contribution in [3.8, 4) is 0 Å². The number of carbonyl (C=O) groups is 1. The number of carbonyl (C=O) groups excluding carboxylic acids is 1. The molecule has 128 valence electrons. The molecule has 7 nitrogen and oxygen atoms in total. The minimum atomic E-state index is 0.0120. The molecule has 3 heterocycles. The Kier molecular flexibility index (Phi) is 5.55. The Morgan fingerprint density at radius 2 is 2.00 bits per heavy atom. The SMILES string of the molecule is CCn1ccnc1CN1CCN(CC(=O)Nc2cccnc2)CC1. The topological polar surface area (TPSA) is 66.3 Å². The number of anilines is 1. The number of aromatic nitrogens is 3. The molecule has 0 saturated carbocycles. The van der Waals surface area contributed by atoms with Gasteiger partial charge in [0.05, 0.1) is 25.0 Å². The first-order valence-corrected chi connectivity index (χ1v) is 8.39.